The number of aromatic amines is 1. The van der Waals surface area contributed by atoms with E-state index in [1.165, 1.54) is 4.90 Å². The number of ether oxygens (including phenoxy) is 2. The summed E-state index contributed by atoms with van der Waals surface area (Å²) in [7, 11) is 3.74. The summed E-state index contributed by atoms with van der Waals surface area (Å²) in [5.74, 6) is 0.345. The molecule has 0 radical (unpaired) electrons. The van der Waals surface area contributed by atoms with Gasteiger partial charge in [-0.05, 0) is 105 Å². The second-order valence-electron chi connectivity index (χ2n) is 15.5. The molecule has 1 fully saturated rings. The Morgan fingerprint density at radius 2 is 1.60 bits per heavy atom. The molecule has 4 N–H and O–H groups in total. The van der Waals surface area contributed by atoms with Gasteiger partial charge in [0.2, 0.25) is 23.6 Å². The van der Waals surface area contributed by atoms with Crippen LogP contribution in [0.5, 0.6) is 5.88 Å². The predicted molar refractivity (Wildman–Crippen MR) is 216 cm³/mol. The zero-order chi connectivity index (χ0) is 40.5. The Morgan fingerprint density at radius 3 is 2.23 bits per heavy atom. The number of imide groups is 1. The van der Waals surface area contributed by atoms with E-state index >= 15 is 0 Å². The molecule has 2 heterocycles. The molecule has 15 heteroatoms. The zero-order valence-corrected chi connectivity index (χ0v) is 33.0. The van der Waals surface area contributed by atoms with Crippen molar-refractivity contribution in [2.45, 2.75) is 71.1 Å². The van der Waals surface area contributed by atoms with Crippen LogP contribution in [-0.4, -0.2) is 80.8 Å². The summed E-state index contributed by atoms with van der Waals surface area (Å²) in [5, 5.41) is 17.0. The molecule has 1 aliphatic carbocycles. The second kappa shape index (κ2) is 18.2. The highest BCUT2D eigenvalue weighted by molar-refractivity contribution is 6.17. The Hall–Kier alpha value is -6.22. The summed E-state index contributed by atoms with van der Waals surface area (Å²) in [6.45, 7) is 6.25. The number of H-pyrrole nitrogens is 1. The van der Waals surface area contributed by atoms with Crippen molar-refractivity contribution in [3.8, 4) is 28.4 Å². The molecule has 0 aliphatic heterocycles. The monoisotopic (exact) mass is 774 g/mol. The van der Waals surface area contributed by atoms with Crippen molar-refractivity contribution in [2.24, 2.45) is 17.6 Å². The third-order valence-corrected chi connectivity index (χ3v) is 9.70. The topological polar surface area (TPSA) is 194 Å². The maximum Gasteiger partial charge on any atom is 0.407 e. The summed E-state index contributed by atoms with van der Waals surface area (Å²) in [4.78, 5) is 53.0. The van der Waals surface area contributed by atoms with Crippen molar-refractivity contribution >= 4 is 29.5 Å². The fourth-order valence-electron chi connectivity index (χ4n) is 6.68. The molecule has 0 bridgehead atoms. The lowest BCUT2D eigenvalue weighted by Crippen LogP contribution is -2.50. The van der Waals surface area contributed by atoms with E-state index in [2.05, 4.69) is 35.9 Å². The Balaban J connectivity index is 1.16. The standard InChI is InChI=1S/C42H50N10O5/c1-42(2,3)57-41(55)45-24-28-13-17-32(18-14-28)38(53)52(33-21-19-31(20-22-33)36-47-49-50-48-36)39(54)35(43)23-27-11-15-30(16-12-27)34-25-44-40(51(4)5)46-37(34)56-26-29-9-7-6-8-10-29/h6-12,15-16,19-22,25,28,32,35H,13-14,17-18,23-24,26,43H2,1-5H3,(H,45,55)(H,47,48,49,50)/t28?,32?,35-/m0/s1. The van der Waals surface area contributed by atoms with Gasteiger partial charge >= 0.3 is 6.09 Å². The van der Waals surface area contributed by atoms with Gasteiger partial charge in [0.15, 0.2) is 0 Å². The Bertz CT molecular complexity index is 2100. The summed E-state index contributed by atoms with van der Waals surface area (Å²) in [5.41, 5.74) is 10.5. The lowest BCUT2D eigenvalue weighted by molar-refractivity contribution is -0.130. The van der Waals surface area contributed by atoms with Crippen LogP contribution in [0.3, 0.4) is 0 Å². The Morgan fingerprint density at radius 1 is 0.912 bits per heavy atom. The quantitative estimate of drug-likeness (QED) is 0.132. The number of nitrogens with two attached hydrogens (primary N) is 1. The van der Waals surface area contributed by atoms with E-state index in [4.69, 9.17) is 15.2 Å². The number of benzene rings is 3. The molecule has 57 heavy (non-hydrogen) atoms. The number of carbonyl (C=O) groups excluding carboxylic acids is 3. The van der Waals surface area contributed by atoms with Gasteiger partial charge in [0.1, 0.15) is 12.2 Å². The molecule has 1 saturated carbocycles. The van der Waals surface area contributed by atoms with E-state index in [0.717, 1.165) is 22.3 Å². The fraction of sp³-hybridized carbons (Fsp3) is 0.381. The van der Waals surface area contributed by atoms with Gasteiger partial charge in [-0.2, -0.15) is 10.2 Å². The zero-order valence-electron chi connectivity index (χ0n) is 33.0. The first-order valence-electron chi connectivity index (χ1n) is 19.1. The lowest BCUT2D eigenvalue weighted by atomic mass is 9.81. The van der Waals surface area contributed by atoms with Gasteiger partial charge in [0.25, 0.3) is 5.91 Å². The van der Waals surface area contributed by atoms with Crippen LogP contribution < -0.4 is 25.6 Å². The largest absolute Gasteiger partial charge is 0.472 e. The third kappa shape index (κ3) is 10.8. The minimum atomic E-state index is -1.02. The van der Waals surface area contributed by atoms with Gasteiger partial charge in [0, 0.05) is 38.3 Å². The molecule has 15 nitrogen and oxygen atoms in total. The number of nitrogens with one attached hydrogen (secondary N) is 2. The molecule has 0 spiro atoms. The molecular formula is C42H50N10O5. The van der Waals surface area contributed by atoms with Crippen LogP contribution in [-0.2, 0) is 27.4 Å². The number of nitrogens with zero attached hydrogens (tertiary/aromatic N) is 7. The number of anilines is 2. The first-order valence-corrected chi connectivity index (χ1v) is 19.1. The van der Waals surface area contributed by atoms with E-state index in [1.54, 1.807) is 30.5 Å². The number of amides is 3. The van der Waals surface area contributed by atoms with Crippen LogP contribution in [0, 0.1) is 11.8 Å². The van der Waals surface area contributed by atoms with E-state index in [-0.39, 0.29) is 18.2 Å². The average molecular weight is 775 g/mol. The SMILES string of the molecule is CN(C)c1ncc(-c2ccc(C[C@H](N)C(=O)N(C(=O)C3CCC(CNC(=O)OC(C)(C)C)CC3)c3ccc(-c4nn[nH]n4)cc3)cc2)c(OCc2ccccc2)n1. The average Bonchev–Trinajstić information content (AvgIpc) is 3.75. The third-order valence-electron chi connectivity index (χ3n) is 9.70. The number of rotatable bonds is 13. The van der Waals surface area contributed by atoms with Crippen LogP contribution >= 0.6 is 0 Å². The number of carbonyl (C=O) groups is 3. The summed E-state index contributed by atoms with van der Waals surface area (Å²) < 4.78 is 11.6. The molecule has 2 aromatic heterocycles. The van der Waals surface area contributed by atoms with Crippen LogP contribution in [0.1, 0.15) is 57.6 Å². The summed E-state index contributed by atoms with van der Waals surface area (Å²) in [6.07, 6.45) is 4.03. The second-order valence-corrected chi connectivity index (χ2v) is 15.5. The summed E-state index contributed by atoms with van der Waals surface area (Å²) >= 11 is 0. The highest BCUT2D eigenvalue weighted by atomic mass is 16.6. The van der Waals surface area contributed by atoms with Gasteiger partial charge in [-0.15, -0.1) is 10.2 Å². The van der Waals surface area contributed by atoms with E-state index in [0.29, 0.717) is 67.7 Å². The minimum absolute atomic E-state index is 0.189. The van der Waals surface area contributed by atoms with Gasteiger partial charge in [-0.3, -0.25) is 9.59 Å². The lowest BCUT2D eigenvalue weighted by Gasteiger charge is -2.32. The smallest absolute Gasteiger partial charge is 0.407 e. The number of tetrazole rings is 1. The molecule has 1 atom stereocenters. The molecule has 6 rings (SSSR count). The van der Waals surface area contributed by atoms with E-state index < -0.39 is 29.6 Å². The van der Waals surface area contributed by atoms with Crippen molar-refractivity contribution < 1.29 is 23.9 Å². The van der Waals surface area contributed by atoms with Crippen molar-refractivity contribution in [1.29, 1.82) is 0 Å². The van der Waals surface area contributed by atoms with Gasteiger partial charge in [0.05, 0.1) is 17.3 Å². The fourth-order valence-corrected chi connectivity index (χ4v) is 6.68. The van der Waals surface area contributed by atoms with Crippen LogP contribution in [0.2, 0.25) is 0 Å². The van der Waals surface area contributed by atoms with Gasteiger partial charge < -0.3 is 25.4 Å². The highest BCUT2D eigenvalue weighted by Gasteiger charge is 2.35. The molecular weight excluding hydrogens is 725 g/mol. The van der Waals surface area contributed by atoms with Crippen LogP contribution in [0.15, 0.2) is 85.1 Å². The maximum atomic E-state index is 14.3. The molecule has 5 aromatic rings. The van der Waals surface area contributed by atoms with Crippen molar-refractivity contribution in [1.82, 2.24) is 35.9 Å². The molecule has 0 saturated heterocycles. The molecule has 0 unspecified atom stereocenters. The van der Waals surface area contributed by atoms with Crippen LogP contribution in [0.4, 0.5) is 16.4 Å². The number of hydrogen-bond acceptors (Lipinski definition) is 12. The normalized spacial score (nSPS) is 16.0. The minimum Gasteiger partial charge on any atom is -0.472 e. The molecule has 298 valence electrons. The van der Waals surface area contributed by atoms with Gasteiger partial charge in [-0.1, -0.05) is 54.6 Å². The Kier molecular flexibility index (Phi) is 12.9. The van der Waals surface area contributed by atoms with Crippen molar-refractivity contribution in [3.05, 3.63) is 96.2 Å². The van der Waals surface area contributed by atoms with E-state index in [9.17, 15) is 14.4 Å². The van der Waals surface area contributed by atoms with E-state index in [1.807, 2.05) is 94.4 Å². The highest BCUT2D eigenvalue weighted by Crippen LogP contribution is 2.33. The maximum absolute atomic E-state index is 14.3. The molecule has 1 aliphatic rings. The summed E-state index contributed by atoms with van der Waals surface area (Å²) in [6, 6.07) is 23.4. The number of aromatic nitrogens is 6. The first-order chi connectivity index (χ1) is 27.3. The van der Waals surface area contributed by atoms with Gasteiger partial charge in [-0.25, -0.2) is 14.7 Å². The number of alkyl carbamates (subject to hydrolysis) is 1. The van der Waals surface area contributed by atoms with Crippen LogP contribution in [0.25, 0.3) is 22.5 Å². The number of hydrogen-bond donors (Lipinski definition) is 3. The molecule has 3 amide bonds. The first kappa shape index (κ1) is 40.4. The van der Waals surface area contributed by atoms with Crippen molar-refractivity contribution in [2.75, 3.05) is 30.4 Å². The molecule has 3 aromatic carbocycles. The predicted octanol–water partition coefficient (Wildman–Crippen LogP) is 5.73. The van der Waals surface area contributed by atoms with Crippen molar-refractivity contribution in [3.63, 3.8) is 0 Å². The Labute approximate surface area is 332 Å².